The minimum Gasteiger partial charge on any atom is -0.379 e. The van der Waals surface area contributed by atoms with E-state index in [0.717, 1.165) is 55.5 Å². The van der Waals surface area contributed by atoms with Gasteiger partial charge >= 0.3 is 0 Å². The van der Waals surface area contributed by atoms with E-state index in [1.165, 1.54) is 12.8 Å². The minimum atomic E-state index is -0.111. The number of benzene rings is 2. The number of rotatable bonds is 6. The first-order valence-corrected chi connectivity index (χ1v) is 10.5. The molecule has 30 heavy (non-hydrogen) atoms. The SMILES string of the molecule is O=C(Nc1ccc(-c2n[nH]c(C3CC3)n2)cc1)c1cccc(CN2CCOCC2)c1. The lowest BCUT2D eigenvalue weighted by Crippen LogP contribution is -2.35. The van der Waals surface area contributed by atoms with Crippen LogP contribution in [-0.4, -0.2) is 52.3 Å². The smallest absolute Gasteiger partial charge is 0.255 e. The molecule has 1 aromatic heterocycles. The molecule has 5 rings (SSSR count). The molecular weight excluding hydrogens is 378 g/mol. The first kappa shape index (κ1) is 19.0. The van der Waals surface area contributed by atoms with Crippen molar-refractivity contribution >= 4 is 11.6 Å². The second-order valence-corrected chi connectivity index (χ2v) is 7.94. The second-order valence-electron chi connectivity index (χ2n) is 7.94. The van der Waals surface area contributed by atoms with Crippen LogP contribution in [0.15, 0.2) is 48.5 Å². The van der Waals surface area contributed by atoms with Gasteiger partial charge in [-0.1, -0.05) is 12.1 Å². The molecule has 0 radical (unpaired) electrons. The van der Waals surface area contributed by atoms with Gasteiger partial charge in [-0.15, -0.1) is 0 Å². The van der Waals surface area contributed by atoms with Crippen LogP contribution in [-0.2, 0) is 11.3 Å². The van der Waals surface area contributed by atoms with Crippen molar-refractivity contribution in [1.29, 1.82) is 0 Å². The number of carbonyl (C=O) groups is 1. The van der Waals surface area contributed by atoms with E-state index >= 15 is 0 Å². The number of ether oxygens (including phenoxy) is 1. The van der Waals surface area contributed by atoms with Gasteiger partial charge in [0.05, 0.1) is 13.2 Å². The Labute approximate surface area is 175 Å². The van der Waals surface area contributed by atoms with Crippen LogP contribution in [0.1, 0.15) is 40.5 Å². The third-order valence-corrected chi connectivity index (χ3v) is 5.57. The number of H-pyrrole nitrogens is 1. The molecule has 1 amide bonds. The van der Waals surface area contributed by atoms with Crippen LogP contribution < -0.4 is 5.32 Å². The highest BCUT2D eigenvalue weighted by molar-refractivity contribution is 6.04. The highest BCUT2D eigenvalue weighted by Crippen LogP contribution is 2.38. The van der Waals surface area contributed by atoms with Crippen molar-refractivity contribution in [3.63, 3.8) is 0 Å². The molecule has 7 nitrogen and oxygen atoms in total. The summed E-state index contributed by atoms with van der Waals surface area (Å²) in [5, 5.41) is 10.3. The van der Waals surface area contributed by atoms with Gasteiger partial charge in [-0.3, -0.25) is 14.8 Å². The van der Waals surface area contributed by atoms with Crippen molar-refractivity contribution in [1.82, 2.24) is 20.1 Å². The Kier molecular flexibility index (Phi) is 5.29. The third-order valence-electron chi connectivity index (χ3n) is 5.57. The number of morpholine rings is 1. The van der Waals surface area contributed by atoms with Gasteiger partial charge in [-0.2, -0.15) is 5.10 Å². The Balaban J connectivity index is 1.23. The van der Waals surface area contributed by atoms with Crippen LogP contribution in [0.4, 0.5) is 5.69 Å². The lowest BCUT2D eigenvalue weighted by molar-refractivity contribution is 0.0342. The van der Waals surface area contributed by atoms with Crippen molar-refractivity contribution in [2.24, 2.45) is 0 Å². The van der Waals surface area contributed by atoms with Gasteiger partial charge in [0, 0.05) is 42.4 Å². The fourth-order valence-electron chi connectivity index (χ4n) is 3.68. The molecule has 1 saturated carbocycles. The maximum Gasteiger partial charge on any atom is 0.255 e. The highest BCUT2D eigenvalue weighted by Gasteiger charge is 2.27. The summed E-state index contributed by atoms with van der Waals surface area (Å²) < 4.78 is 5.40. The van der Waals surface area contributed by atoms with Gasteiger partial charge in [0.25, 0.3) is 5.91 Å². The minimum absolute atomic E-state index is 0.111. The summed E-state index contributed by atoms with van der Waals surface area (Å²) in [6, 6.07) is 15.5. The molecule has 0 unspecified atom stereocenters. The van der Waals surface area contributed by atoms with Crippen molar-refractivity contribution in [2.75, 3.05) is 31.6 Å². The Morgan fingerprint density at radius 2 is 1.93 bits per heavy atom. The molecule has 2 heterocycles. The molecule has 2 fully saturated rings. The van der Waals surface area contributed by atoms with E-state index in [4.69, 9.17) is 4.74 Å². The van der Waals surface area contributed by atoms with Gasteiger partial charge in [-0.25, -0.2) is 4.98 Å². The van der Waals surface area contributed by atoms with Gasteiger partial charge in [0.1, 0.15) is 5.82 Å². The average molecular weight is 403 g/mol. The molecule has 1 aliphatic carbocycles. The van der Waals surface area contributed by atoms with Crippen LogP contribution in [0.3, 0.4) is 0 Å². The summed E-state index contributed by atoms with van der Waals surface area (Å²) in [7, 11) is 0. The van der Waals surface area contributed by atoms with Crippen LogP contribution in [0.2, 0.25) is 0 Å². The van der Waals surface area contributed by atoms with E-state index in [0.29, 0.717) is 17.3 Å². The number of hydrogen-bond acceptors (Lipinski definition) is 5. The summed E-state index contributed by atoms with van der Waals surface area (Å²) in [4.78, 5) is 19.6. The Morgan fingerprint density at radius 1 is 1.13 bits per heavy atom. The zero-order valence-corrected chi connectivity index (χ0v) is 16.8. The maximum atomic E-state index is 12.7. The Morgan fingerprint density at radius 3 is 2.70 bits per heavy atom. The molecule has 154 valence electrons. The fraction of sp³-hybridized carbons (Fsp3) is 0.348. The molecular formula is C23H25N5O2. The Hall–Kier alpha value is -3.03. The highest BCUT2D eigenvalue weighted by atomic mass is 16.5. The van der Waals surface area contributed by atoms with Gasteiger partial charge in [0.2, 0.25) is 0 Å². The third kappa shape index (κ3) is 4.42. The topological polar surface area (TPSA) is 83.1 Å². The summed E-state index contributed by atoms with van der Waals surface area (Å²) in [5.74, 6) is 2.11. The molecule has 0 atom stereocenters. The van der Waals surface area contributed by atoms with E-state index in [1.54, 1.807) is 0 Å². The van der Waals surface area contributed by atoms with E-state index < -0.39 is 0 Å². The first-order chi connectivity index (χ1) is 14.7. The van der Waals surface area contributed by atoms with Crippen LogP contribution in [0.25, 0.3) is 11.4 Å². The number of amides is 1. The molecule has 7 heteroatoms. The quantitative estimate of drug-likeness (QED) is 0.659. The second kappa shape index (κ2) is 8.38. The number of aromatic amines is 1. The number of nitrogens with one attached hydrogen (secondary N) is 2. The first-order valence-electron chi connectivity index (χ1n) is 10.5. The molecule has 1 aliphatic heterocycles. The lowest BCUT2D eigenvalue weighted by atomic mass is 10.1. The number of anilines is 1. The predicted molar refractivity (Wildman–Crippen MR) is 114 cm³/mol. The maximum absolute atomic E-state index is 12.7. The molecule has 1 saturated heterocycles. The number of aromatic nitrogens is 3. The van der Waals surface area contributed by atoms with Crippen molar-refractivity contribution < 1.29 is 9.53 Å². The van der Waals surface area contributed by atoms with E-state index in [-0.39, 0.29) is 5.91 Å². The molecule has 2 aromatic carbocycles. The molecule has 2 N–H and O–H groups in total. The summed E-state index contributed by atoms with van der Waals surface area (Å²) in [6.07, 6.45) is 2.38. The fourth-order valence-corrected chi connectivity index (χ4v) is 3.68. The van der Waals surface area contributed by atoms with Crippen molar-refractivity contribution in [3.8, 4) is 11.4 Å². The zero-order valence-electron chi connectivity index (χ0n) is 16.8. The van der Waals surface area contributed by atoms with Crippen LogP contribution in [0.5, 0.6) is 0 Å². The van der Waals surface area contributed by atoms with Gasteiger partial charge < -0.3 is 10.1 Å². The number of hydrogen-bond donors (Lipinski definition) is 2. The predicted octanol–water partition coefficient (Wildman–Crippen LogP) is 3.43. The van der Waals surface area contributed by atoms with E-state index in [9.17, 15) is 4.79 Å². The number of nitrogens with zero attached hydrogens (tertiary/aromatic N) is 3. The van der Waals surface area contributed by atoms with Crippen molar-refractivity contribution in [3.05, 3.63) is 65.5 Å². The van der Waals surface area contributed by atoms with E-state index in [2.05, 4.69) is 31.5 Å². The largest absolute Gasteiger partial charge is 0.379 e. The number of carbonyl (C=O) groups excluding carboxylic acids is 1. The van der Waals surface area contributed by atoms with Crippen LogP contribution >= 0.6 is 0 Å². The van der Waals surface area contributed by atoms with Gasteiger partial charge in [-0.05, 0) is 54.8 Å². The molecule has 3 aromatic rings. The standard InChI is InChI=1S/C23H25N5O2/c29-23(19-3-1-2-16(14-19)15-28-10-12-30-13-11-28)24-20-8-6-18(7-9-20)22-25-21(26-27-22)17-4-5-17/h1-3,6-9,14,17H,4-5,10-13,15H2,(H,24,29)(H,25,26,27). The molecule has 2 aliphatic rings. The van der Waals surface area contributed by atoms with E-state index in [1.807, 2.05) is 42.5 Å². The summed E-state index contributed by atoms with van der Waals surface area (Å²) >= 11 is 0. The average Bonchev–Trinajstić information content (AvgIpc) is 3.52. The molecule has 0 spiro atoms. The summed E-state index contributed by atoms with van der Waals surface area (Å²) in [5.41, 5.74) is 3.48. The molecule has 0 bridgehead atoms. The van der Waals surface area contributed by atoms with Crippen molar-refractivity contribution in [2.45, 2.75) is 25.3 Å². The lowest BCUT2D eigenvalue weighted by Gasteiger charge is -2.26. The monoisotopic (exact) mass is 403 g/mol. The summed E-state index contributed by atoms with van der Waals surface area (Å²) in [6.45, 7) is 4.22. The normalized spacial score (nSPS) is 17.1. The Bertz CT molecular complexity index is 1020. The van der Waals surface area contributed by atoms with Gasteiger partial charge in [0.15, 0.2) is 5.82 Å². The zero-order chi connectivity index (χ0) is 20.3. The van der Waals surface area contributed by atoms with Crippen LogP contribution in [0, 0.1) is 0 Å².